The molecule has 0 spiro atoms. The fraction of sp³-hybridized carbons (Fsp3) is 0.0455. The highest BCUT2D eigenvalue weighted by atomic mass is 79.9. The molecule has 4 aromatic rings. The second kappa shape index (κ2) is 8.64. The minimum absolute atomic E-state index is 0.197. The van der Waals surface area contributed by atoms with Crippen LogP contribution in [-0.4, -0.2) is 23.1 Å². The van der Waals surface area contributed by atoms with Crippen LogP contribution in [0.1, 0.15) is 10.4 Å². The summed E-state index contributed by atoms with van der Waals surface area (Å²) in [7, 11) is 1.61. The van der Waals surface area contributed by atoms with Crippen LogP contribution in [0.25, 0.3) is 22.6 Å². The molecular formula is C22H16BrN3O3S. The quantitative estimate of drug-likeness (QED) is 0.380. The van der Waals surface area contributed by atoms with Crippen molar-refractivity contribution in [3.63, 3.8) is 0 Å². The van der Waals surface area contributed by atoms with Crippen LogP contribution in [0.2, 0.25) is 0 Å². The van der Waals surface area contributed by atoms with Gasteiger partial charge in [0.2, 0.25) is 5.89 Å². The molecule has 0 radical (unpaired) electrons. The molecule has 0 fully saturated rings. The number of ether oxygens (including phenoxy) is 1. The Bertz CT molecular complexity index is 1240. The summed E-state index contributed by atoms with van der Waals surface area (Å²) >= 11 is 8.62. The summed E-state index contributed by atoms with van der Waals surface area (Å²) in [5, 5.41) is 5.88. The van der Waals surface area contributed by atoms with Crippen LogP contribution >= 0.6 is 28.1 Å². The SMILES string of the molecule is COc1ccc2oc(-c3cccc(NC(=S)NC(=O)c4ccc(Br)cc4)c3)nc2c1. The first-order valence-electron chi connectivity index (χ1n) is 8.95. The van der Waals surface area contributed by atoms with Crippen LogP contribution < -0.4 is 15.4 Å². The summed E-state index contributed by atoms with van der Waals surface area (Å²) in [5.41, 5.74) is 3.37. The molecule has 0 aliphatic rings. The van der Waals surface area contributed by atoms with E-state index in [2.05, 4.69) is 31.5 Å². The predicted molar refractivity (Wildman–Crippen MR) is 124 cm³/mol. The van der Waals surface area contributed by atoms with Crippen LogP contribution in [0, 0.1) is 0 Å². The topological polar surface area (TPSA) is 76.4 Å². The Hall–Kier alpha value is -3.23. The van der Waals surface area contributed by atoms with Crippen LogP contribution in [0.3, 0.4) is 0 Å². The third kappa shape index (κ3) is 4.50. The lowest BCUT2D eigenvalue weighted by Crippen LogP contribution is -2.34. The summed E-state index contributed by atoms with van der Waals surface area (Å²) in [5.74, 6) is 0.903. The van der Waals surface area contributed by atoms with Crippen LogP contribution in [-0.2, 0) is 0 Å². The molecule has 0 aliphatic heterocycles. The van der Waals surface area contributed by atoms with E-state index in [0.29, 0.717) is 34.0 Å². The number of thiocarbonyl (C=S) groups is 1. The zero-order valence-corrected chi connectivity index (χ0v) is 18.2. The van der Waals surface area contributed by atoms with E-state index in [1.165, 1.54) is 0 Å². The molecule has 1 heterocycles. The molecule has 30 heavy (non-hydrogen) atoms. The lowest BCUT2D eigenvalue weighted by Gasteiger charge is -2.10. The number of hydrogen-bond donors (Lipinski definition) is 2. The van der Waals surface area contributed by atoms with Crippen molar-refractivity contribution < 1.29 is 13.9 Å². The van der Waals surface area contributed by atoms with E-state index in [-0.39, 0.29) is 11.0 Å². The molecule has 0 saturated carbocycles. The Labute approximate surface area is 186 Å². The molecule has 1 aromatic heterocycles. The molecule has 0 aliphatic carbocycles. The summed E-state index contributed by atoms with van der Waals surface area (Å²) in [6.45, 7) is 0. The molecule has 1 amide bonds. The molecule has 0 bridgehead atoms. The molecule has 2 N–H and O–H groups in total. The third-order valence-corrected chi connectivity index (χ3v) is 5.03. The highest BCUT2D eigenvalue weighted by Gasteiger charge is 2.11. The Morgan fingerprint density at radius 1 is 1.10 bits per heavy atom. The molecule has 0 unspecified atom stereocenters. The minimum Gasteiger partial charge on any atom is -0.497 e. The van der Waals surface area contributed by atoms with Gasteiger partial charge in [-0.25, -0.2) is 4.98 Å². The second-order valence-electron chi connectivity index (χ2n) is 6.35. The average Bonchev–Trinajstić information content (AvgIpc) is 3.17. The van der Waals surface area contributed by atoms with Crippen molar-refractivity contribution in [1.29, 1.82) is 0 Å². The van der Waals surface area contributed by atoms with Gasteiger partial charge in [0, 0.05) is 27.4 Å². The first kappa shape index (κ1) is 20.1. The number of anilines is 1. The molecular weight excluding hydrogens is 466 g/mol. The standard InChI is InChI=1S/C22H16BrN3O3S/c1-28-17-9-10-19-18(12-17)25-21(29-19)14-3-2-4-16(11-14)24-22(30)26-20(27)13-5-7-15(23)8-6-13/h2-12H,1H3,(H2,24,26,27,30). The molecule has 3 aromatic carbocycles. The van der Waals surface area contributed by atoms with Gasteiger partial charge in [0.05, 0.1) is 7.11 Å². The maximum atomic E-state index is 12.3. The van der Waals surface area contributed by atoms with Crippen LogP contribution in [0.4, 0.5) is 5.69 Å². The van der Waals surface area contributed by atoms with Gasteiger partial charge in [-0.2, -0.15) is 0 Å². The highest BCUT2D eigenvalue weighted by Crippen LogP contribution is 2.28. The van der Waals surface area contributed by atoms with Gasteiger partial charge in [-0.3, -0.25) is 10.1 Å². The van der Waals surface area contributed by atoms with Crippen molar-refractivity contribution in [3.8, 4) is 17.2 Å². The van der Waals surface area contributed by atoms with E-state index >= 15 is 0 Å². The number of nitrogens with one attached hydrogen (secondary N) is 2. The maximum Gasteiger partial charge on any atom is 0.257 e. The van der Waals surface area contributed by atoms with Gasteiger partial charge in [0.25, 0.3) is 5.91 Å². The third-order valence-electron chi connectivity index (χ3n) is 4.30. The summed E-state index contributed by atoms with van der Waals surface area (Å²) in [6, 6.07) is 19.9. The lowest BCUT2D eigenvalue weighted by atomic mass is 10.2. The molecule has 0 atom stereocenters. The number of methoxy groups -OCH3 is 1. The van der Waals surface area contributed by atoms with Crippen molar-refractivity contribution in [2.45, 2.75) is 0 Å². The largest absolute Gasteiger partial charge is 0.497 e. The zero-order valence-electron chi connectivity index (χ0n) is 15.8. The van der Waals surface area contributed by atoms with Gasteiger partial charge in [0.15, 0.2) is 10.7 Å². The number of halogens is 1. The Morgan fingerprint density at radius 2 is 1.90 bits per heavy atom. The van der Waals surface area contributed by atoms with E-state index in [1.54, 1.807) is 31.4 Å². The number of oxazole rings is 1. The average molecular weight is 482 g/mol. The number of amides is 1. The van der Waals surface area contributed by atoms with Gasteiger partial charge < -0.3 is 14.5 Å². The van der Waals surface area contributed by atoms with Crippen molar-refractivity contribution in [2.75, 3.05) is 12.4 Å². The van der Waals surface area contributed by atoms with E-state index in [1.807, 2.05) is 42.5 Å². The molecule has 8 heteroatoms. The van der Waals surface area contributed by atoms with E-state index in [9.17, 15) is 4.79 Å². The van der Waals surface area contributed by atoms with E-state index in [0.717, 1.165) is 10.0 Å². The molecule has 6 nitrogen and oxygen atoms in total. The first-order chi connectivity index (χ1) is 14.5. The van der Waals surface area contributed by atoms with Gasteiger partial charge >= 0.3 is 0 Å². The van der Waals surface area contributed by atoms with Gasteiger partial charge in [-0.05, 0) is 66.8 Å². The van der Waals surface area contributed by atoms with Crippen molar-refractivity contribution >= 4 is 56.0 Å². The lowest BCUT2D eigenvalue weighted by molar-refractivity contribution is 0.0977. The Kier molecular flexibility index (Phi) is 5.78. The smallest absolute Gasteiger partial charge is 0.257 e. The van der Waals surface area contributed by atoms with Crippen molar-refractivity contribution in [3.05, 3.63) is 76.8 Å². The summed E-state index contributed by atoms with van der Waals surface area (Å²) in [4.78, 5) is 16.8. The Morgan fingerprint density at radius 3 is 2.67 bits per heavy atom. The van der Waals surface area contributed by atoms with Crippen LogP contribution in [0.15, 0.2) is 75.6 Å². The van der Waals surface area contributed by atoms with Gasteiger partial charge in [-0.15, -0.1) is 0 Å². The van der Waals surface area contributed by atoms with Crippen molar-refractivity contribution in [2.24, 2.45) is 0 Å². The number of aromatic nitrogens is 1. The number of nitrogens with zero attached hydrogens (tertiary/aromatic N) is 1. The fourth-order valence-corrected chi connectivity index (χ4v) is 3.30. The second-order valence-corrected chi connectivity index (χ2v) is 7.67. The number of benzene rings is 3. The van der Waals surface area contributed by atoms with Gasteiger partial charge in [0.1, 0.15) is 11.3 Å². The van der Waals surface area contributed by atoms with E-state index in [4.69, 9.17) is 21.4 Å². The number of carbonyl (C=O) groups is 1. The number of carbonyl (C=O) groups excluding carboxylic acids is 1. The molecule has 0 saturated heterocycles. The number of hydrogen-bond acceptors (Lipinski definition) is 5. The summed E-state index contributed by atoms with van der Waals surface area (Å²) in [6.07, 6.45) is 0. The number of fused-ring (bicyclic) bond motifs is 1. The number of rotatable bonds is 4. The van der Waals surface area contributed by atoms with E-state index < -0.39 is 0 Å². The molecule has 4 rings (SSSR count). The first-order valence-corrected chi connectivity index (χ1v) is 10.1. The van der Waals surface area contributed by atoms with Gasteiger partial charge in [-0.1, -0.05) is 22.0 Å². The van der Waals surface area contributed by atoms with Crippen LogP contribution in [0.5, 0.6) is 5.75 Å². The zero-order chi connectivity index (χ0) is 21.1. The maximum absolute atomic E-state index is 12.3. The molecule has 150 valence electrons. The Balaban J connectivity index is 1.48. The predicted octanol–water partition coefficient (Wildman–Crippen LogP) is 5.39. The fourth-order valence-electron chi connectivity index (χ4n) is 2.83. The monoisotopic (exact) mass is 481 g/mol. The highest BCUT2D eigenvalue weighted by molar-refractivity contribution is 9.10. The minimum atomic E-state index is -0.288. The summed E-state index contributed by atoms with van der Waals surface area (Å²) < 4.78 is 12.0. The normalized spacial score (nSPS) is 10.6. The van der Waals surface area contributed by atoms with Crippen molar-refractivity contribution in [1.82, 2.24) is 10.3 Å².